The van der Waals surface area contributed by atoms with Crippen molar-refractivity contribution in [1.82, 2.24) is 0 Å². The van der Waals surface area contributed by atoms with E-state index in [-0.39, 0.29) is 29.7 Å². The summed E-state index contributed by atoms with van der Waals surface area (Å²) in [4.78, 5) is 0. The fourth-order valence-corrected chi connectivity index (χ4v) is 8.61. The van der Waals surface area contributed by atoms with E-state index in [0.29, 0.717) is 0 Å². The van der Waals surface area contributed by atoms with E-state index in [1.807, 2.05) is 0 Å². The Morgan fingerprint density at radius 3 is 1.22 bits per heavy atom. The third-order valence-electron chi connectivity index (χ3n) is 11.0. The summed E-state index contributed by atoms with van der Waals surface area (Å²) in [5.41, 5.74) is 0. The molecule has 0 heterocycles. The summed E-state index contributed by atoms with van der Waals surface area (Å²) in [6.45, 7) is 12.2. The Bertz CT molecular complexity index is 821. The molecule has 4 saturated carbocycles. The standard InChI is InChI=1S/2C12H16.C9H18.C8H16.4CH3.4ClH.2Zr/c2*1-2-5-10-8-9-11-6-3-4-7-12(10)11;1-2-3-6-9-7-4-5-8-9;1-2-5-8-6-3-4-7-8;;;;;;;;;;/h2*2-4,6-7,10-12H,1,5,8-9H2;9H,2-8H2,1H3;8H,2-7H2,1H3;4*1H3;4*1H;;/q;;;;4*-1;;;;;2*+4/p-4. The first kappa shape index (κ1) is 59.1. The Labute approximate surface area is 358 Å². The van der Waals surface area contributed by atoms with Crippen molar-refractivity contribution in [3.63, 3.8) is 0 Å². The molecule has 6 rings (SSSR count). The molecule has 0 N–H and O–H groups in total. The van der Waals surface area contributed by atoms with E-state index >= 15 is 0 Å². The zero-order chi connectivity index (χ0) is 34.5. The normalized spacial score (nSPS) is 25.5. The monoisotopic (exact) mass is 938 g/mol. The summed E-state index contributed by atoms with van der Waals surface area (Å²) >= 11 is -1.65. The number of fused-ring (bicyclic) bond motifs is 2. The minimum atomic E-state index is -0.826. The second kappa shape index (κ2) is 41.0. The average molecular weight is 943 g/mol. The van der Waals surface area contributed by atoms with Crippen LogP contribution in [0.1, 0.15) is 136 Å². The van der Waals surface area contributed by atoms with E-state index in [0.717, 1.165) is 47.3 Å². The van der Waals surface area contributed by atoms with Crippen LogP contribution in [0.15, 0.2) is 73.9 Å². The fourth-order valence-electron chi connectivity index (χ4n) is 8.61. The topological polar surface area (TPSA) is 0 Å². The molecule has 294 valence electrons. The summed E-state index contributed by atoms with van der Waals surface area (Å²) in [5.74, 6) is 7.26. The molecule has 6 aliphatic carbocycles. The summed E-state index contributed by atoms with van der Waals surface area (Å²) < 4.78 is 0. The summed E-state index contributed by atoms with van der Waals surface area (Å²) in [6, 6.07) is 0. The molecule has 51 heavy (non-hydrogen) atoms. The minimum absolute atomic E-state index is 0. The number of hydrogen-bond donors (Lipinski definition) is 0. The Morgan fingerprint density at radius 2 is 0.882 bits per heavy atom. The van der Waals surface area contributed by atoms with E-state index in [1.165, 1.54) is 122 Å². The van der Waals surface area contributed by atoms with Gasteiger partial charge in [-0.05, 0) is 85.9 Å². The van der Waals surface area contributed by atoms with Crippen LogP contribution in [-0.4, -0.2) is 0 Å². The molecule has 0 bridgehead atoms. The van der Waals surface area contributed by atoms with E-state index < -0.39 is 41.7 Å². The molecule has 0 nitrogen and oxygen atoms in total. The van der Waals surface area contributed by atoms with Gasteiger partial charge in [-0.25, -0.2) is 0 Å². The van der Waals surface area contributed by atoms with Crippen LogP contribution in [0.25, 0.3) is 0 Å². The Kier molecular flexibility index (Phi) is 47.5. The third-order valence-corrected chi connectivity index (χ3v) is 11.0. The van der Waals surface area contributed by atoms with Crippen LogP contribution in [0.5, 0.6) is 0 Å². The van der Waals surface area contributed by atoms with Crippen molar-refractivity contribution < 1.29 is 41.7 Å². The van der Waals surface area contributed by atoms with Crippen LogP contribution in [0.4, 0.5) is 0 Å². The molecule has 0 radical (unpaired) electrons. The van der Waals surface area contributed by atoms with Crippen molar-refractivity contribution in [2.75, 3.05) is 0 Å². The van der Waals surface area contributed by atoms with Gasteiger partial charge in [-0.1, -0.05) is 158 Å². The van der Waals surface area contributed by atoms with Gasteiger partial charge in [0.2, 0.25) is 0 Å². The molecule has 0 aromatic rings. The second-order valence-electron chi connectivity index (χ2n) is 14.1. The molecule has 0 amide bonds. The van der Waals surface area contributed by atoms with Crippen molar-refractivity contribution in [2.24, 2.45) is 47.3 Å². The van der Waals surface area contributed by atoms with Gasteiger partial charge in [0.25, 0.3) is 0 Å². The molecule has 0 aromatic heterocycles. The number of allylic oxidation sites excluding steroid dienone is 10. The first-order chi connectivity index (χ1) is 23.0. The van der Waals surface area contributed by atoms with Gasteiger partial charge in [0.15, 0.2) is 0 Å². The van der Waals surface area contributed by atoms with E-state index in [9.17, 15) is 0 Å². The maximum atomic E-state index is 4.93. The van der Waals surface area contributed by atoms with Crippen LogP contribution in [0.3, 0.4) is 0 Å². The summed E-state index contributed by atoms with van der Waals surface area (Å²) in [6.07, 6.45) is 49.7. The van der Waals surface area contributed by atoms with Crippen LogP contribution in [0, 0.1) is 77.0 Å². The maximum absolute atomic E-state index is 4.93. The number of hydrogen-bond acceptors (Lipinski definition) is 0. The zero-order valence-electron chi connectivity index (χ0n) is 33.8. The van der Waals surface area contributed by atoms with Gasteiger partial charge in [0, 0.05) is 0 Å². The quantitative estimate of drug-likeness (QED) is 0.160. The average Bonchev–Trinajstić information content (AvgIpc) is 3.92. The number of halogens is 4. The fraction of sp³-hybridized carbons (Fsp3) is 0.644. The van der Waals surface area contributed by atoms with Crippen molar-refractivity contribution >= 4 is 34.1 Å². The first-order valence-electron chi connectivity index (χ1n) is 18.9. The second-order valence-corrected chi connectivity index (χ2v) is 21.6. The van der Waals surface area contributed by atoms with Crippen molar-refractivity contribution in [3.05, 3.63) is 104 Å². The van der Waals surface area contributed by atoms with Crippen LogP contribution in [-0.2, 0) is 41.7 Å². The molecule has 0 aromatic carbocycles. The predicted molar refractivity (Wildman–Crippen MR) is 233 cm³/mol. The van der Waals surface area contributed by atoms with Gasteiger partial charge in [-0.2, -0.15) is 0 Å². The number of rotatable bonds is 9. The molecule has 6 aliphatic rings. The molecule has 6 atom stereocenters. The van der Waals surface area contributed by atoms with Gasteiger partial charge in [0.1, 0.15) is 0 Å². The van der Waals surface area contributed by atoms with Gasteiger partial charge in [0.05, 0.1) is 0 Å². The molecular formula is C45H78Cl4Zr2. The molecule has 6 unspecified atom stereocenters. The Balaban J connectivity index is -0.000000270. The summed E-state index contributed by atoms with van der Waals surface area (Å²) in [7, 11) is 19.7. The van der Waals surface area contributed by atoms with Gasteiger partial charge in [-0.3, -0.25) is 0 Å². The molecular weight excluding hydrogens is 865 g/mol. The van der Waals surface area contributed by atoms with Gasteiger partial charge < -0.3 is 29.7 Å². The molecule has 6 heteroatoms. The third kappa shape index (κ3) is 26.8. The summed E-state index contributed by atoms with van der Waals surface area (Å²) in [5, 5.41) is 0. The Morgan fingerprint density at radius 1 is 0.529 bits per heavy atom. The van der Waals surface area contributed by atoms with Crippen molar-refractivity contribution in [1.29, 1.82) is 0 Å². The number of unbranched alkanes of at least 4 members (excludes halogenated alkanes) is 1. The molecule has 0 aliphatic heterocycles. The van der Waals surface area contributed by atoms with Crippen molar-refractivity contribution in [3.8, 4) is 0 Å². The Hall–Kier alpha value is 1.37. The van der Waals surface area contributed by atoms with Gasteiger partial charge in [-0.15, -0.1) is 13.2 Å². The van der Waals surface area contributed by atoms with Crippen LogP contribution < -0.4 is 0 Å². The molecule has 0 spiro atoms. The van der Waals surface area contributed by atoms with E-state index in [2.05, 4.69) is 87.8 Å². The molecule has 0 saturated heterocycles. The van der Waals surface area contributed by atoms with Crippen LogP contribution >= 0.6 is 34.1 Å². The van der Waals surface area contributed by atoms with Gasteiger partial charge >= 0.3 is 75.7 Å². The van der Waals surface area contributed by atoms with Crippen LogP contribution in [0.2, 0.25) is 0 Å². The molecule has 4 fully saturated rings. The predicted octanol–water partition coefficient (Wildman–Crippen LogP) is 17.6. The SMILES string of the molecule is C=CCC1CCC2C=CC=CC21.C=CCC1CCC2C=CC=CC21.CCCC1CCCC1.CCCCC1CCCC1.[CH3-].[CH3-].[CH3-].[CH3-].[Cl][Zr+2][Cl].[Cl][Zr+2][Cl]. The van der Waals surface area contributed by atoms with Crippen molar-refractivity contribution in [2.45, 2.75) is 136 Å². The zero-order valence-corrected chi connectivity index (χ0v) is 41.7. The van der Waals surface area contributed by atoms with E-state index in [4.69, 9.17) is 34.1 Å². The first-order valence-corrected chi connectivity index (χ1v) is 31.5. The van der Waals surface area contributed by atoms with E-state index in [1.54, 1.807) is 0 Å².